The van der Waals surface area contributed by atoms with E-state index in [1.165, 1.54) is 13.0 Å². The lowest BCUT2D eigenvalue weighted by Crippen LogP contribution is -2.19. The second kappa shape index (κ2) is 5.12. The van der Waals surface area contributed by atoms with Crippen LogP contribution in [0.25, 0.3) is 0 Å². The zero-order valence-corrected chi connectivity index (χ0v) is 10.3. The number of halogens is 4. The topological polar surface area (TPSA) is 22.0 Å². The van der Waals surface area contributed by atoms with E-state index in [0.717, 1.165) is 4.57 Å². The second-order valence-electron chi connectivity index (χ2n) is 3.85. The fraction of sp³-hybridized carbons (Fsp3) is 0.545. The van der Waals surface area contributed by atoms with Crippen molar-refractivity contribution in [3.63, 3.8) is 0 Å². The molecule has 0 radical (unpaired) electrons. The summed E-state index contributed by atoms with van der Waals surface area (Å²) >= 11 is 5.44. The van der Waals surface area contributed by atoms with Gasteiger partial charge in [0.15, 0.2) is 5.78 Å². The van der Waals surface area contributed by atoms with Crippen molar-refractivity contribution in [2.24, 2.45) is 0 Å². The largest absolute Gasteiger partial charge is 0.406 e. The van der Waals surface area contributed by atoms with E-state index in [2.05, 4.69) is 0 Å². The molecule has 0 unspecified atom stereocenters. The van der Waals surface area contributed by atoms with Crippen LogP contribution in [-0.4, -0.2) is 22.4 Å². The van der Waals surface area contributed by atoms with Gasteiger partial charge in [-0.3, -0.25) is 4.79 Å². The van der Waals surface area contributed by atoms with E-state index < -0.39 is 12.7 Å². The molecule has 2 nitrogen and oxygen atoms in total. The van der Waals surface area contributed by atoms with Crippen molar-refractivity contribution in [2.75, 3.05) is 5.88 Å². The first-order chi connectivity index (χ1) is 7.76. The minimum absolute atomic E-state index is 0.137. The molecular formula is C11H13ClF3NO. The molecule has 0 aliphatic heterocycles. The van der Waals surface area contributed by atoms with Crippen molar-refractivity contribution in [3.05, 3.63) is 23.0 Å². The molecule has 0 amide bonds. The van der Waals surface area contributed by atoms with Gasteiger partial charge in [0.25, 0.3) is 0 Å². The lowest BCUT2D eigenvalue weighted by atomic mass is 10.1. The summed E-state index contributed by atoms with van der Waals surface area (Å²) in [5.74, 6) is -0.0524. The molecule has 0 bridgehead atoms. The number of Topliss-reactive ketones (excluding diaryl/α,β-unsaturated/α-hetero) is 1. The van der Waals surface area contributed by atoms with E-state index in [1.54, 1.807) is 6.92 Å². The third-order valence-electron chi connectivity index (χ3n) is 2.53. The van der Waals surface area contributed by atoms with Crippen LogP contribution in [0.1, 0.15) is 28.2 Å². The van der Waals surface area contributed by atoms with Crippen LogP contribution in [0, 0.1) is 13.8 Å². The molecule has 0 saturated heterocycles. The first-order valence-corrected chi connectivity index (χ1v) is 5.62. The van der Waals surface area contributed by atoms with Crippen molar-refractivity contribution < 1.29 is 18.0 Å². The fourth-order valence-corrected chi connectivity index (χ4v) is 1.90. The van der Waals surface area contributed by atoms with E-state index in [4.69, 9.17) is 11.6 Å². The van der Waals surface area contributed by atoms with Gasteiger partial charge in [0, 0.05) is 29.3 Å². The summed E-state index contributed by atoms with van der Waals surface area (Å²) in [6.07, 6.45) is -4.15. The highest BCUT2D eigenvalue weighted by Crippen LogP contribution is 2.23. The Morgan fingerprint density at radius 2 is 2.00 bits per heavy atom. The Labute approximate surface area is 102 Å². The summed E-state index contributed by atoms with van der Waals surface area (Å²) in [6, 6.07) is 1.48. The number of hydrogen-bond donors (Lipinski definition) is 0. The van der Waals surface area contributed by atoms with Crippen molar-refractivity contribution in [3.8, 4) is 0 Å². The molecular weight excluding hydrogens is 255 g/mol. The van der Waals surface area contributed by atoms with Crippen molar-refractivity contribution in [1.82, 2.24) is 4.57 Å². The number of aryl methyl sites for hydroxylation is 1. The Morgan fingerprint density at radius 3 is 2.47 bits per heavy atom. The molecule has 1 aromatic rings. The van der Waals surface area contributed by atoms with Crippen LogP contribution in [0.2, 0.25) is 0 Å². The quantitative estimate of drug-likeness (QED) is 0.605. The van der Waals surface area contributed by atoms with Gasteiger partial charge in [-0.1, -0.05) is 0 Å². The highest BCUT2D eigenvalue weighted by molar-refractivity contribution is 6.19. The molecule has 0 fully saturated rings. The van der Waals surface area contributed by atoms with Crippen LogP contribution >= 0.6 is 11.6 Å². The molecule has 1 rings (SSSR count). The highest BCUT2D eigenvalue weighted by Gasteiger charge is 2.30. The van der Waals surface area contributed by atoms with E-state index in [1.807, 2.05) is 0 Å². The molecule has 0 aliphatic carbocycles. The third kappa shape index (κ3) is 3.49. The summed E-state index contributed by atoms with van der Waals surface area (Å²) < 4.78 is 38.1. The fourth-order valence-electron chi connectivity index (χ4n) is 1.73. The first kappa shape index (κ1) is 14.1. The number of nitrogens with zero attached hydrogens (tertiary/aromatic N) is 1. The van der Waals surface area contributed by atoms with Gasteiger partial charge in [-0.15, -0.1) is 11.6 Å². The maximum Gasteiger partial charge on any atom is 0.406 e. The molecule has 0 aliphatic rings. The summed E-state index contributed by atoms with van der Waals surface area (Å²) in [5, 5.41) is 0. The number of ketones is 1. The van der Waals surface area contributed by atoms with Crippen LogP contribution in [-0.2, 0) is 6.54 Å². The summed E-state index contributed by atoms with van der Waals surface area (Å²) in [5.41, 5.74) is 1.10. The van der Waals surface area contributed by atoms with Gasteiger partial charge in [-0.2, -0.15) is 13.2 Å². The Morgan fingerprint density at radius 1 is 1.41 bits per heavy atom. The third-order valence-corrected chi connectivity index (χ3v) is 2.72. The Balaban J connectivity index is 3.06. The molecule has 0 aromatic carbocycles. The number of alkyl halides is 4. The van der Waals surface area contributed by atoms with Gasteiger partial charge >= 0.3 is 6.18 Å². The van der Waals surface area contributed by atoms with Gasteiger partial charge in [-0.05, 0) is 19.9 Å². The Hall–Kier alpha value is -0.970. The van der Waals surface area contributed by atoms with Crippen molar-refractivity contribution in [2.45, 2.75) is 33.0 Å². The maximum atomic E-state index is 12.3. The zero-order valence-electron chi connectivity index (χ0n) is 9.57. The molecule has 6 heteroatoms. The van der Waals surface area contributed by atoms with E-state index >= 15 is 0 Å². The molecule has 0 spiro atoms. The molecule has 0 saturated carbocycles. The van der Waals surface area contributed by atoms with Gasteiger partial charge in [0.05, 0.1) is 0 Å². The number of carbonyl (C=O) groups excluding carboxylic acids is 1. The SMILES string of the molecule is Cc1cc(C(=O)CCCl)c(C)n1CC(F)(F)F. The van der Waals surface area contributed by atoms with Gasteiger partial charge in [0.1, 0.15) is 6.54 Å². The van der Waals surface area contributed by atoms with Crippen LogP contribution < -0.4 is 0 Å². The first-order valence-electron chi connectivity index (χ1n) is 5.09. The van der Waals surface area contributed by atoms with Crippen molar-refractivity contribution in [1.29, 1.82) is 0 Å². The molecule has 1 aromatic heterocycles. The molecule has 0 N–H and O–H groups in total. The lowest BCUT2D eigenvalue weighted by Gasteiger charge is -2.12. The maximum absolute atomic E-state index is 12.3. The number of carbonyl (C=O) groups is 1. The van der Waals surface area contributed by atoms with E-state index in [9.17, 15) is 18.0 Å². The Kier molecular flexibility index (Phi) is 4.25. The van der Waals surface area contributed by atoms with Crippen LogP contribution in [0.4, 0.5) is 13.2 Å². The minimum Gasteiger partial charge on any atom is -0.339 e. The Bertz CT molecular complexity index is 423. The van der Waals surface area contributed by atoms with Crippen LogP contribution in [0.5, 0.6) is 0 Å². The van der Waals surface area contributed by atoms with Gasteiger partial charge < -0.3 is 4.57 Å². The standard InChI is InChI=1S/C11H13ClF3NO/c1-7-5-9(10(17)3-4-12)8(2)16(7)6-11(13,14)15/h5H,3-4,6H2,1-2H3. The highest BCUT2D eigenvalue weighted by atomic mass is 35.5. The number of rotatable bonds is 4. The molecule has 96 valence electrons. The molecule has 0 atom stereocenters. The second-order valence-corrected chi connectivity index (χ2v) is 4.23. The van der Waals surface area contributed by atoms with Crippen molar-refractivity contribution >= 4 is 17.4 Å². The summed E-state index contributed by atoms with van der Waals surface area (Å²) in [6.45, 7) is 2.00. The number of aromatic nitrogens is 1. The zero-order chi connectivity index (χ0) is 13.2. The average Bonchev–Trinajstić information content (AvgIpc) is 2.44. The summed E-state index contributed by atoms with van der Waals surface area (Å²) in [4.78, 5) is 11.6. The predicted molar refractivity (Wildman–Crippen MR) is 59.6 cm³/mol. The van der Waals surface area contributed by atoms with Gasteiger partial charge in [-0.25, -0.2) is 0 Å². The van der Waals surface area contributed by atoms with Gasteiger partial charge in [0.2, 0.25) is 0 Å². The van der Waals surface area contributed by atoms with E-state index in [-0.39, 0.29) is 18.1 Å². The predicted octanol–water partition coefficient (Wildman–Crippen LogP) is 3.48. The molecule has 1 heterocycles. The summed E-state index contributed by atoms with van der Waals surface area (Å²) in [7, 11) is 0. The average molecular weight is 268 g/mol. The van der Waals surface area contributed by atoms with Crippen LogP contribution in [0.3, 0.4) is 0 Å². The van der Waals surface area contributed by atoms with Crippen LogP contribution in [0.15, 0.2) is 6.07 Å². The minimum atomic E-state index is -4.29. The lowest BCUT2D eigenvalue weighted by molar-refractivity contribution is -0.141. The van der Waals surface area contributed by atoms with E-state index in [0.29, 0.717) is 17.0 Å². The monoisotopic (exact) mass is 267 g/mol. The normalized spacial score (nSPS) is 11.9. The molecule has 17 heavy (non-hydrogen) atoms. The number of hydrogen-bond acceptors (Lipinski definition) is 1. The smallest absolute Gasteiger partial charge is 0.339 e.